The van der Waals surface area contributed by atoms with Gasteiger partial charge < -0.3 is 4.90 Å². The van der Waals surface area contributed by atoms with Crippen LogP contribution in [0.2, 0.25) is 0 Å². The highest BCUT2D eigenvalue weighted by Gasteiger charge is 2.25. The summed E-state index contributed by atoms with van der Waals surface area (Å²) >= 11 is 0. The number of nitrogens with zero attached hydrogens (tertiary/aromatic N) is 3. The van der Waals surface area contributed by atoms with Crippen LogP contribution < -0.4 is 4.72 Å². The first-order valence-corrected chi connectivity index (χ1v) is 10.2. The second kappa shape index (κ2) is 6.91. The first-order chi connectivity index (χ1) is 10.9. The summed E-state index contributed by atoms with van der Waals surface area (Å²) in [5.41, 5.74) is 0. The molecular weight excluding hydrogens is 312 g/mol. The third-order valence-corrected chi connectivity index (χ3v) is 6.24. The predicted octanol–water partition coefficient (Wildman–Crippen LogP) is 1.69. The molecule has 0 unspecified atom stereocenters. The number of sulfonamides is 1. The molecule has 0 aromatic carbocycles. The molecule has 130 valence electrons. The van der Waals surface area contributed by atoms with E-state index in [9.17, 15) is 8.42 Å². The minimum atomic E-state index is -3.48. The van der Waals surface area contributed by atoms with Crippen LogP contribution in [0.4, 0.5) is 0 Å². The number of aromatic nitrogens is 2. The number of hydrogen-bond donors (Lipinski definition) is 1. The number of likely N-dealkylation sites (tertiary alicyclic amines) is 1. The largest absolute Gasteiger partial charge is 0.301 e. The SMILES string of the molecule is C[C@H]1CCCN(C[C@H](C)NS(=O)(=O)c2cnn(CC3CC3)c2)C1. The molecule has 1 aromatic rings. The Labute approximate surface area is 139 Å². The van der Waals surface area contributed by atoms with Gasteiger partial charge in [-0.2, -0.15) is 5.10 Å². The Morgan fingerprint density at radius 1 is 1.39 bits per heavy atom. The topological polar surface area (TPSA) is 67.2 Å². The van der Waals surface area contributed by atoms with Crippen LogP contribution in [0.25, 0.3) is 0 Å². The van der Waals surface area contributed by atoms with Crippen LogP contribution in [0, 0.1) is 11.8 Å². The molecule has 3 rings (SSSR count). The summed E-state index contributed by atoms with van der Waals surface area (Å²) in [6.07, 6.45) is 8.04. The normalized spacial score (nSPS) is 24.7. The molecule has 6 nitrogen and oxygen atoms in total. The van der Waals surface area contributed by atoms with Crippen molar-refractivity contribution in [2.45, 2.75) is 57.0 Å². The van der Waals surface area contributed by atoms with Crippen LogP contribution in [0.5, 0.6) is 0 Å². The van der Waals surface area contributed by atoms with Gasteiger partial charge in [0, 0.05) is 31.9 Å². The van der Waals surface area contributed by atoms with Gasteiger partial charge in [0.2, 0.25) is 10.0 Å². The molecule has 1 aliphatic carbocycles. The summed E-state index contributed by atoms with van der Waals surface area (Å²) in [6.45, 7) is 7.92. The van der Waals surface area contributed by atoms with E-state index in [1.165, 1.54) is 31.9 Å². The van der Waals surface area contributed by atoms with E-state index < -0.39 is 10.0 Å². The summed E-state index contributed by atoms with van der Waals surface area (Å²) in [5.74, 6) is 1.38. The minimum Gasteiger partial charge on any atom is -0.301 e. The van der Waals surface area contributed by atoms with Gasteiger partial charge in [-0.25, -0.2) is 13.1 Å². The monoisotopic (exact) mass is 340 g/mol. The molecule has 1 N–H and O–H groups in total. The van der Waals surface area contributed by atoms with E-state index in [0.717, 1.165) is 26.2 Å². The van der Waals surface area contributed by atoms with Crippen molar-refractivity contribution < 1.29 is 8.42 Å². The number of piperidine rings is 1. The van der Waals surface area contributed by atoms with E-state index in [2.05, 4.69) is 21.6 Å². The maximum absolute atomic E-state index is 12.5. The maximum Gasteiger partial charge on any atom is 0.243 e. The van der Waals surface area contributed by atoms with E-state index in [1.807, 2.05) is 6.92 Å². The van der Waals surface area contributed by atoms with E-state index in [0.29, 0.717) is 11.8 Å². The second-order valence-corrected chi connectivity index (χ2v) is 9.08. The maximum atomic E-state index is 12.5. The molecule has 1 saturated carbocycles. The first kappa shape index (κ1) is 16.9. The third-order valence-electron chi connectivity index (χ3n) is 4.69. The Kier molecular flexibility index (Phi) is 5.08. The fraction of sp³-hybridized carbons (Fsp3) is 0.812. The Morgan fingerprint density at radius 2 is 2.17 bits per heavy atom. The van der Waals surface area contributed by atoms with Gasteiger partial charge in [-0.1, -0.05) is 6.92 Å². The molecule has 2 aliphatic rings. The summed E-state index contributed by atoms with van der Waals surface area (Å²) in [7, 11) is -3.48. The fourth-order valence-electron chi connectivity index (χ4n) is 3.36. The van der Waals surface area contributed by atoms with Crippen LogP contribution in [-0.4, -0.2) is 48.8 Å². The molecule has 2 heterocycles. The van der Waals surface area contributed by atoms with Crippen molar-refractivity contribution in [3.05, 3.63) is 12.4 Å². The fourth-order valence-corrected chi connectivity index (χ4v) is 4.54. The molecule has 2 fully saturated rings. The van der Waals surface area contributed by atoms with E-state index in [-0.39, 0.29) is 10.9 Å². The lowest BCUT2D eigenvalue weighted by atomic mass is 10.00. The zero-order valence-electron chi connectivity index (χ0n) is 14.1. The molecule has 1 aromatic heterocycles. The number of nitrogens with one attached hydrogen (secondary N) is 1. The van der Waals surface area contributed by atoms with E-state index in [1.54, 1.807) is 10.9 Å². The predicted molar refractivity (Wildman–Crippen MR) is 89.6 cm³/mol. The average molecular weight is 340 g/mol. The van der Waals surface area contributed by atoms with Crippen LogP contribution in [0.1, 0.15) is 39.5 Å². The number of rotatable bonds is 7. The van der Waals surface area contributed by atoms with Crippen molar-refractivity contribution >= 4 is 10.0 Å². The van der Waals surface area contributed by atoms with Gasteiger partial charge in [-0.15, -0.1) is 0 Å². The van der Waals surface area contributed by atoms with Crippen LogP contribution in [0.3, 0.4) is 0 Å². The Morgan fingerprint density at radius 3 is 2.87 bits per heavy atom. The molecule has 1 aliphatic heterocycles. The summed E-state index contributed by atoms with van der Waals surface area (Å²) < 4.78 is 29.5. The van der Waals surface area contributed by atoms with Crippen molar-refractivity contribution in [2.75, 3.05) is 19.6 Å². The van der Waals surface area contributed by atoms with Crippen LogP contribution in [-0.2, 0) is 16.6 Å². The molecule has 0 radical (unpaired) electrons. The Hall–Kier alpha value is -0.920. The van der Waals surface area contributed by atoms with Gasteiger partial charge >= 0.3 is 0 Å². The van der Waals surface area contributed by atoms with Crippen LogP contribution in [0.15, 0.2) is 17.3 Å². The molecule has 7 heteroatoms. The highest BCUT2D eigenvalue weighted by atomic mass is 32.2. The van der Waals surface area contributed by atoms with Crippen molar-refractivity contribution in [1.82, 2.24) is 19.4 Å². The van der Waals surface area contributed by atoms with E-state index >= 15 is 0 Å². The zero-order chi connectivity index (χ0) is 16.4. The van der Waals surface area contributed by atoms with E-state index in [4.69, 9.17) is 0 Å². The van der Waals surface area contributed by atoms with Crippen molar-refractivity contribution in [3.63, 3.8) is 0 Å². The van der Waals surface area contributed by atoms with Crippen molar-refractivity contribution in [3.8, 4) is 0 Å². The van der Waals surface area contributed by atoms with Gasteiger partial charge in [0.15, 0.2) is 0 Å². The summed E-state index contributed by atoms with van der Waals surface area (Å²) in [5, 5.41) is 4.18. The highest BCUT2D eigenvalue weighted by molar-refractivity contribution is 7.89. The number of hydrogen-bond acceptors (Lipinski definition) is 4. The third kappa shape index (κ3) is 4.78. The molecule has 0 bridgehead atoms. The Balaban J connectivity index is 1.55. The second-order valence-electron chi connectivity index (χ2n) is 7.37. The highest BCUT2D eigenvalue weighted by Crippen LogP contribution is 2.30. The smallest absolute Gasteiger partial charge is 0.243 e. The minimum absolute atomic E-state index is 0.0999. The molecule has 0 amide bonds. The van der Waals surface area contributed by atoms with Crippen molar-refractivity contribution in [1.29, 1.82) is 0 Å². The first-order valence-electron chi connectivity index (χ1n) is 8.69. The molecule has 2 atom stereocenters. The van der Waals surface area contributed by atoms with Gasteiger partial charge in [-0.3, -0.25) is 4.68 Å². The quantitative estimate of drug-likeness (QED) is 0.820. The average Bonchev–Trinajstić information content (AvgIpc) is 3.12. The lowest BCUT2D eigenvalue weighted by Gasteiger charge is -2.32. The van der Waals surface area contributed by atoms with Crippen LogP contribution >= 0.6 is 0 Å². The van der Waals surface area contributed by atoms with Gasteiger partial charge in [0.05, 0.1) is 6.20 Å². The molecule has 1 saturated heterocycles. The lowest BCUT2D eigenvalue weighted by molar-refractivity contribution is 0.174. The molecule has 23 heavy (non-hydrogen) atoms. The lowest BCUT2D eigenvalue weighted by Crippen LogP contribution is -2.45. The van der Waals surface area contributed by atoms with Gasteiger partial charge in [0.25, 0.3) is 0 Å². The molecule has 0 spiro atoms. The zero-order valence-corrected chi connectivity index (χ0v) is 14.9. The van der Waals surface area contributed by atoms with Gasteiger partial charge in [-0.05, 0) is 51.0 Å². The van der Waals surface area contributed by atoms with Crippen molar-refractivity contribution in [2.24, 2.45) is 11.8 Å². The standard InChI is InChI=1S/C16H28N4O2S/c1-13-4-3-7-19(9-13)10-14(2)18-23(21,22)16-8-17-20(12-16)11-15-5-6-15/h8,12-15,18H,3-7,9-11H2,1-2H3/t13-,14-/m0/s1. The summed E-state index contributed by atoms with van der Waals surface area (Å²) in [6, 6.07) is -0.0999. The summed E-state index contributed by atoms with van der Waals surface area (Å²) in [4.78, 5) is 2.63. The van der Waals surface area contributed by atoms with Gasteiger partial charge in [0.1, 0.15) is 4.90 Å². The Bertz CT molecular complexity index is 624. The molecular formula is C16H28N4O2S.